The highest BCUT2D eigenvalue weighted by atomic mass is 19.2. The molecule has 0 atom stereocenters. The van der Waals surface area contributed by atoms with Crippen LogP contribution < -0.4 is 0 Å². The first-order chi connectivity index (χ1) is 26.3. The average Bonchev–Trinajstić information content (AvgIpc) is 3.22. The molecule has 0 saturated carbocycles. The van der Waals surface area contributed by atoms with Gasteiger partial charge in [-0.2, -0.15) is 10.5 Å². The Bertz CT molecular complexity index is 3050. The number of halogens is 4. The molecule has 2 heterocycles. The molecule has 7 nitrogen and oxygen atoms in total. The second-order valence-corrected chi connectivity index (χ2v) is 12.1. The van der Waals surface area contributed by atoms with Gasteiger partial charge in [-0.15, -0.1) is 0 Å². The number of pyridine rings is 1. The Hall–Kier alpha value is -7.99. The van der Waals surface area contributed by atoms with Gasteiger partial charge in [0.25, 0.3) is 0 Å². The zero-order valence-corrected chi connectivity index (χ0v) is 27.5. The lowest BCUT2D eigenvalue weighted by molar-refractivity contribution is 0.454. The molecule has 0 amide bonds. The number of nitrogens with zero attached hydrogens (tertiary/aromatic N) is 7. The molecule has 0 radical (unpaired) electrons. The van der Waals surface area contributed by atoms with Gasteiger partial charge in [0.2, 0.25) is 0 Å². The second kappa shape index (κ2) is 13.0. The Kier molecular flexibility index (Phi) is 7.96. The van der Waals surface area contributed by atoms with Gasteiger partial charge in [-0.3, -0.25) is 0 Å². The maximum Gasteiger partial charge on any atom is 0.187 e. The van der Waals surface area contributed by atoms with Crippen molar-refractivity contribution in [1.29, 1.82) is 10.5 Å². The van der Waals surface area contributed by atoms with Crippen LogP contribution in [0.4, 0.5) is 28.9 Å². The molecular formula is C43H17F4N7. The molecule has 54 heavy (non-hydrogen) atoms. The Labute approximate surface area is 303 Å². The van der Waals surface area contributed by atoms with Gasteiger partial charge in [0.15, 0.2) is 34.6 Å². The summed E-state index contributed by atoms with van der Waals surface area (Å²) in [6, 6.07) is 31.3. The van der Waals surface area contributed by atoms with E-state index in [1.165, 1.54) is 18.2 Å². The fourth-order valence-corrected chi connectivity index (χ4v) is 6.56. The first-order valence-corrected chi connectivity index (χ1v) is 16.1. The van der Waals surface area contributed by atoms with Gasteiger partial charge >= 0.3 is 0 Å². The summed E-state index contributed by atoms with van der Waals surface area (Å²) in [5.41, 5.74) is 2.19. The van der Waals surface area contributed by atoms with Crippen molar-refractivity contribution in [1.82, 2.24) is 15.0 Å². The predicted molar refractivity (Wildman–Crippen MR) is 196 cm³/mol. The van der Waals surface area contributed by atoms with Crippen LogP contribution in [0.15, 0.2) is 103 Å². The van der Waals surface area contributed by atoms with Crippen molar-refractivity contribution in [2.75, 3.05) is 0 Å². The summed E-state index contributed by atoms with van der Waals surface area (Å²) in [5, 5.41) is 21.1. The highest BCUT2D eigenvalue weighted by molar-refractivity contribution is 6.22. The van der Waals surface area contributed by atoms with Crippen LogP contribution in [-0.4, -0.2) is 15.0 Å². The minimum Gasteiger partial charge on any atom is -0.247 e. The molecule has 0 aliphatic carbocycles. The van der Waals surface area contributed by atoms with Crippen molar-refractivity contribution in [2.45, 2.75) is 0 Å². The van der Waals surface area contributed by atoms with Gasteiger partial charge in [0.1, 0.15) is 11.6 Å². The maximum absolute atomic E-state index is 15.3. The van der Waals surface area contributed by atoms with Gasteiger partial charge < -0.3 is 0 Å². The van der Waals surface area contributed by atoms with Crippen LogP contribution in [0.25, 0.3) is 87.3 Å². The van der Waals surface area contributed by atoms with E-state index >= 15 is 8.78 Å². The molecule has 6 aromatic carbocycles. The van der Waals surface area contributed by atoms with Crippen molar-refractivity contribution in [3.05, 3.63) is 160 Å². The van der Waals surface area contributed by atoms with Crippen LogP contribution in [0, 0.1) is 59.1 Å². The number of para-hydroxylation sites is 1. The van der Waals surface area contributed by atoms with E-state index in [1.54, 1.807) is 84.9 Å². The lowest BCUT2D eigenvalue weighted by Gasteiger charge is -2.17. The van der Waals surface area contributed by atoms with Gasteiger partial charge in [-0.05, 0) is 34.9 Å². The molecule has 0 spiro atoms. The summed E-state index contributed by atoms with van der Waals surface area (Å²) in [5.74, 6) is -7.09. The third kappa shape index (κ3) is 5.21. The topological polar surface area (TPSA) is 95.0 Å². The molecule has 0 fully saturated rings. The summed E-state index contributed by atoms with van der Waals surface area (Å²) in [6.07, 6.45) is 0. The second-order valence-electron chi connectivity index (χ2n) is 12.1. The van der Waals surface area contributed by atoms with Crippen molar-refractivity contribution in [3.8, 4) is 57.0 Å². The number of benzene rings is 6. The van der Waals surface area contributed by atoms with E-state index in [0.717, 1.165) is 6.07 Å². The molecular weight excluding hydrogens is 691 g/mol. The van der Waals surface area contributed by atoms with Crippen molar-refractivity contribution in [2.24, 2.45) is 0 Å². The Morgan fingerprint density at radius 1 is 0.519 bits per heavy atom. The largest absolute Gasteiger partial charge is 0.247 e. The predicted octanol–water partition coefficient (Wildman–Crippen LogP) is 11.4. The monoisotopic (exact) mass is 707 g/mol. The quantitative estimate of drug-likeness (QED) is 0.0785. The van der Waals surface area contributed by atoms with Gasteiger partial charge in [0.05, 0.1) is 64.0 Å². The summed E-state index contributed by atoms with van der Waals surface area (Å²) in [4.78, 5) is 22.1. The van der Waals surface area contributed by atoms with Crippen LogP contribution in [0.5, 0.6) is 0 Å². The Morgan fingerprint density at radius 3 is 1.69 bits per heavy atom. The Morgan fingerprint density at radius 2 is 1.09 bits per heavy atom. The number of rotatable bonds is 4. The average molecular weight is 708 g/mol. The molecule has 0 bridgehead atoms. The van der Waals surface area contributed by atoms with E-state index in [1.807, 2.05) is 0 Å². The highest BCUT2D eigenvalue weighted by Gasteiger charge is 2.27. The van der Waals surface area contributed by atoms with E-state index < -0.39 is 34.4 Å². The summed E-state index contributed by atoms with van der Waals surface area (Å²) in [6.45, 7) is 14.8. The molecule has 0 aliphatic rings. The summed E-state index contributed by atoms with van der Waals surface area (Å²) < 4.78 is 60.2. The number of aromatic nitrogens is 3. The number of nitriles is 2. The van der Waals surface area contributed by atoms with Crippen molar-refractivity contribution in [3.63, 3.8) is 0 Å². The summed E-state index contributed by atoms with van der Waals surface area (Å²) >= 11 is 0. The van der Waals surface area contributed by atoms with Crippen LogP contribution in [0.3, 0.4) is 0 Å². The number of fused-ring (bicyclic) bond motifs is 5. The zero-order valence-electron chi connectivity index (χ0n) is 27.5. The van der Waals surface area contributed by atoms with Crippen molar-refractivity contribution >= 4 is 44.1 Å². The summed E-state index contributed by atoms with van der Waals surface area (Å²) in [7, 11) is 0. The normalized spacial score (nSPS) is 10.9. The van der Waals surface area contributed by atoms with Crippen LogP contribution in [-0.2, 0) is 0 Å². The molecule has 8 aromatic rings. The van der Waals surface area contributed by atoms with Crippen LogP contribution in [0.1, 0.15) is 11.1 Å². The zero-order chi connectivity index (χ0) is 37.7. The number of hydrogen-bond acceptors (Lipinski definition) is 5. The smallest absolute Gasteiger partial charge is 0.187 e. The highest BCUT2D eigenvalue weighted by Crippen LogP contribution is 2.42. The third-order valence-corrected chi connectivity index (χ3v) is 9.06. The van der Waals surface area contributed by atoms with E-state index in [2.05, 4.69) is 15.8 Å². The lowest BCUT2D eigenvalue weighted by Crippen LogP contribution is -2.04. The third-order valence-electron chi connectivity index (χ3n) is 9.06. The van der Waals surface area contributed by atoms with E-state index in [4.69, 9.17) is 33.4 Å². The molecule has 0 aliphatic heterocycles. The SMILES string of the molecule is [C-]#[N+]c1ccc(-c2nc3cc(C#N)c4c5ccccc5nc(-c5cccc(-c6c(F)c(F)c(C#N)c(F)c6F)c5)c4c3nc2-c2ccc([N+]#[C-])cc2)cc1. The molecule has 8 rings (SSSR count). The molecule has 11 heteroatoms. The first-order valence-electron chi connectivity index (χ1n) is 16.1. The van der Waals surface area contributed by atoms with E-state index in [9.17, 15) is 14.0 Å². The van der Waals surface area contributed by atoms with Crippen LogP contribution >= 0.6 is 0 Å². The van der Waals surface area contributed by atoms with E-state index in [-0.39, 0.29) is 22.4 Å². The first kappa shape index (κ1) is 33.2. The van der Waals surface area contributed by atoms with E-state index in [0.29, 0.717) is 66.6 Å². The molecule has 0 N–H and O–H groups in total. The Balaban J connectivity index is 1.50. The van der Waals surface area contributed by atoms with Gasteiger partial charge in [0, 0.05) is 21.7 Å². The lowest BCUT2D eigenvalue weighted by atomic mass is 9.93. The fraction of sp³-hybridized carbons (Fsp3) is 0. The van der Waals surface area contributed by atoms with Crippen molar-refractivity contribution < 1.29 is 17.6 Å². The molecule has 252 valence electrons. The number of hydrogen-bond donors (Lipinski definition) is 0. The van der Waals surface area contributed by atoms with Gasteiger partial charge in [-0.1, -0.05) is 84.9 Å². The molecule has 0 saturated heterocycles. The van der Waals surface area contributed by atoms with Gasteiger partial charge in [-0.25, -0.2) is 42.2 Å². The van der Waals surface area contributed by atoms with Crippen LogP contribution in [0.2, 0.25) is 0 Å². The molecule has 0 unspecified atom stereocenters. The maximum atomic E-state index is 15.3. The minimum absolute atomic E-state index is 0.231. The fourth-order valence-electron chi connectivity index (χ4n) is 6.56. The minimum atomic E-state index is -1.82. The standard InChI is InChI=1S/C43H17F4N7/c1-50-27-14-10-22(11-15-27)41-42(23-12-16-28(51-2)17-13-23)54-43-32(53-41)19-26(20-48)33-29-8-3-4-9-31(29)52-40(35(33)43)25-7-5-6-24(18-25)34-38(46)36(44)30(21-49)37(45)39(34)47/h3-19H. The molecule has 2 aromatic heterocycles.